The monoisotopic (exact) mass is 544 g/mol. The van der Waals surface area contributed by atoms with Crippen LogP contribution in [0.15, 0.2) is 42.6 Å². The fourth-order valence-corrected chi connectivity index (χ4v) is 7.01. The smallest absolute Gasteiger partial charge is 0.250 e. The van der Waals surface area contributed by atoms with E-state index in [0.717, 1.165) is 27.6 Å². The fraction of sp³-hybridized carbons (Fsp3) is 0.423. The minimum absolute atomic E-state index is 0.101. The van der Waals surface area contributed by atoms with Crippen molar-refractivity contribution < 1.29 is 22.0 Å². The first-order chi connectivity index (χ1) is 17.6. The van der Waals surface area contributed by atoms with E-state index in [0.29, 0.717) is 56.4 Å². The Bertz CT molecular complexity index is 1470. The molecule has 9 nitrogen and oxygen atoms in total. The molecule has 1 aromatic heterocycles. The van der Waals surface area contributed by atoms with Gasteiger partial charge in [-0.2, -0.15) is 0 Å². The predicted octanol–water partition coefficient (Wildman–Crippen LogP) is 3.26. The molecule has 0 radical (unpaired) electrons. The molecule has 2 heterocycles. The van der Waals surface area contributed by atoms with Crippen LogP contribution in [0.4, 0.5) is 0 Å². The molecule has 1 amide bonds. The fourth-order valence-electron chi connectivity index (χ4n) is 5.23. The number of primary amides is 1. The van der Waals surface area contributed by atoms with Gasteiger partial charge in [0, 0.05) is 31.2 Å². The Balaban J connectivity index is 1.45. The van der Waals surface area contributed by atoms with Gasteiger partial charge in [-0.05, 0) is 79.0 Å². The predicted molar refractivity (Wildman–Crippen MR) is 145 cm³/mol. The second-order valence-corrected chi connectivity index (χ2v) is 13.5. The number of hydrogen-bond donors (Lipinski definition) is 4. The van der Waals surface area contributed by atoms with E-state index in [1.54, 1.807) is 17.3 Å². The van der Waals surface area contributed by atoms with E-state index in [-0.39, 0.29) is 11.7 Å². The number of hydrogen-bond acceptors (Lipinski definition) is 5. The zero-order valence-electron chi connectivity index (χ0n) is 20.7. The molecule has 3 aromatic rings. The molecular weight excluding hydrogens is 512 g/mol. The average Bonchev–Trinajstić information content (AvgIpc) is 3.58. The van der Waals surface area contributed by atoms with E-state index in [1.165, 1.54) is 0 Å². The van der Waals surface area contributed by atoms with Crippen LogP contribution in [0.2, 0.25) is 0 Å². The summed E-state index contributed by atoms with van der Waals surface area (Å²) in [4.78, 5) is 14.9. The summed E-state index contributed by atoms with van der Waals surface area (Å²) >= 11 is -1.92. The SMILES string of the molecule is CCS(=O)(=O)N1CCC(c2c[nH]c3c(C(N)=O)cc(-c4cccc(CNC5(S(=O)O)CC5)c4)cc23)CC1. The number of amides is 1. The largest absolute Gasteiger partial charge is 0.366 e. The van der Waals surface area contributed by atoms with Gasteiger partial charge in [0.2, 0.25) is 10.0 Å². The first kappa shape index (κ1) is 26.1. The number of aromatic nitrogens is 1. The lowest BCUT2D eigenvalue weighted by atomic mass is 9.88. The van der Waals surface area contributed by atoms with Crippen LogP contribution in [0.25, 0.3) is 22.0 Å². The Labute approximate surface area is 219 Å². The molecule has 0 spiro atoms. The Kier molecular flexibility index (Phi) is 7.01. The van der Waals surface area contributed by atoms with E-state index < -0.39 is 31.9 Å². The van der Waals surface area contributed by atoms with Crippen LogP contribution in [0.1, 0.15) is 60.0 Å². The molecule has 5 N–H and O–H groups in total. The molecule has 2 fully saturated rings. The van der Waals surface area contributed by atoms with Crippen molar-refractivity contribution in [2.45, 2.75) is 49.9 Å². The van der Waals surface area contributed by atoms with Crippen molar-refractivity contribution in [2.75, 3.05) is 18.8 Å². The summed E-state index contributed by atoms with van der Waals surface area (Å²) in [7, 11) is -3.21. The topological polar surface area (TPSA) is 146 Å². The number of benzene rings is 2. The van der Waals surface area contributed by atoms with Gasteiger partial charge in [0.1, 0.15) is 4.87 Å². The summed E-state index contributed by atoms with van der Waals surface area (Å²) in [5.74, 6) is -0.260. The molecule has 1 atom stereocenters. The standard InChI is InChI=1S/C26H32N4O5S2/c1-2-37(34,35)30-10-6-18(7-11-30)23-16-28-24-21(23)13-20(14-22(24)25(27)31)19-5-3-4-17(12-19)15-29-26(8-9-26)36(32)33/h3-5,12-14,16,18,28-29H,2,6-11,15H2,1H3,(H2,27,31)(H,32,33). The summed E-state index contributed by atoms with van der Waals surface area (Å²) in [6, 6.07) is 11.7. The van der Waals surface area contributed by atoms with E-state index in [4.69, 9.17) is 5.73 Å². The molecule has 2 aliphatic rings. The van der Waals surface area contributed by atoms with Crippen molar-refractivity contribution in [3.8, 4) is 11.1 Å². The van der Waals surface area contributed by atoms with Gasteiger partial charge in [-0.25, -0.2) is 16.9 Å². The summed E-state index contributed by atoms with van der Waals surface area (Å²) in [5.41, 5.74) is 10.6. The molecule has 1 aliphatic heterocycles. The second kappa shape index (κ2) is 9.95. The Morgan fingerprint density at radius 1 is 1.22 bits per heavy atom. The Morgan fingerprint density at radius 2 is 1.95 bits per heavy atom. The zero-order chi connectivity index (χ0) is 26.4. The van der Waals surface area contributed by atoms with Gasteiger partial charge in [-0.1, -0.05) is 18.2 Å². The number of nitrogens with one attached hydrogen (secondary N) is 2. The minimum atomic E-state index is -3.21. The lowest BCUT2D eigenvalue weighted by Gasteiger charge is -2.31. The molecule has 1 saturated carbocycles. The quantitative estimate of drug-likeness (QED) is 0.304. The van der Waals surface area contributed by atoms with Crippen LogP contribution < -0.4 is 11.1 Å². The van der Waals surface area contributed by atoms with E-state index in [1.807, 2.05) is 30.5 Å². The van der Waals surface area contributed by atoms with Crippen LogP contribution in [-0.2, 0) is 27.6 Å². The lowest BCUT2D eigenvalue weighted by Crippen LogP contribution is -2.38. The van der Waals surface area contributed by atoms with Crippen molar-refractivity contribution in [1.82, 2.24) is 14.6 Å². The van der Waals surface area contributed by atoms with Crippen LogP contribution in [0.5, 0.6) is 0 Å². The van der Waals surface area contributed by atoms with Crippen molar-refractivity contribution >= 4 is 37.9 Å². The first-order valence-electron chi connectivity index (χ1n) is 12.5. The molecule has 5 rings (SSSR count). The molecule has 198 valence electrons. The highest BCUT2D eigenvalue weighted by Gasteiger charge is 2.48. The maximum Gasteiger partial charge on any atom is 0.250 e. The first-order valence-corrected chi connectivity index (χ1v) is 15.2. The van der Waals surface area contributed by atoms with Gasteiger partial charge in [-0.3, -0.25) is 10.1 Å². The maximum absolute atomic E-state index is 12.4. The third-order valence-electron chi connectivity index (χ3n) is 7.65. The number of rotatable bonds is 9. The second-order valence-electron chi connectivity index (χ2n) is 9.93. The molecule has 0 bridgehead atoms. The number of fused-ring (bicyclic) bond motifs is 1. The van der Waals surface area contributed by atoms with Crippen LogP contribution in [0, 0.1) is 0 Å². The molecule has 1 aliphatic carbocycles. The molecule has 1 unspecified atom stereocenters. The molecular formula is C26H32N4O5S2. The maximum atomic E-state index is 12.4. The summed E-state index contributed by atoms with van der Waals surface area (Å²) < 4.78 is 47.3. The normalized spacial score (nSPS) is 19.2. The third kappa shape index (κ3) is 5.10. The molecule has 1 saturated heterocycles. The van der Waals surface area contributed by atoms with Crippen molar-refractivity contribution in [3.05, 3.63) is 59.3 Å². The third-order valence-corrected chi connectivity index (χ3v) is 10.8. The minimum Gasteiger partial charge on any atom is -0.366 e. The number of nitrogens with two attached hydrogens (primary N) is 1. The van der Waals surface area contributed by atoms with Gasteiger partial charge in [-0.15, -0.1) is 0 Å². The molecule has 11 heteroatoms. The van der Waals surface area contributed by atoms with E-state index in [2.05, 4.69) is 16.4 Å². The van der Waals surface area contributed by atoms with Gasteiger partial charge in [0.25, 0.3) is 5.91 Å². The average molecular weight is 545 g/mol. The zero-order valence-corrected chi connectivity index (χ0v) is 22.3. The highest BCUT2D eigenvalue weighted by Crippen LogP contribution is 2.39. The lowest BCUT2D eigenvalue weighted by molar-refractivity contribution is 0.100. The van der Waals surface area contributed by atoms with E-state index in [9.17, 15) is 22.0 Å². The van der Waals surface area contributed by atoms with Crippen molar-refractivity contribution in [2.24, 2.45) is 5.73 Å². The number of H-pyrrole nitrogens is 1. The van der Waals surface area contributed by atoms with Crippen molar-refractivity contribution in [1.29, 1.82) is 0 Å². The Morgan fingerprint density at radius 3 is 2.57 bits per heavy atom. The molecule has 37 heavy (non-hydrogen) atoms. The highest BCUT2D eigenvalue weighted by atomic mass is 32.2. The van der Waals surface area contributed by atoms with E-state index >= 15 is 0 Å². The van der Waals surface area contributed by atoms with Gasteiger partial charge in [0.05, 0.1) is 16.8 Å². The highest BCUT2D eigenvalue weighted by molar-refractivity contribution is 7.89. The summed E-state index contributed by atoms with van der Waals surface area (Å²) in [6.07, 6.45) is 4.68. The number of carbonyl (C=O) groups excluding carboxylic acids is 1. The van der Waals surface area contributed by atoms with Crippen LogP contribution in [-0.4, -0.2) is 56.1 Å². The number of aromatic amines is 1. The Hall–Kier alpha value is -2.57. The summed E-state index contributed by atoms with van der Waals surface area (Å²) in [6.45, 7) is 3.08. The van der Waals surface area contributed by atoms with Crippen LogP contribution >= 0.6 is 0 Å². The van der Waals surface area contributed by atoms with Gasteiger partial charge < -0.3 is 15.3 Å². The number of sulfonamides is 1. The van der Waals surface area contributed by atoms with Gasteiger partial charge >= 0.3 is 0 Å². The van der Waals surface area contributed by atoms with Crippen molar-refractivity contribution in [3.63, 3.8) is 0 Å². The number of piperidine rings is 1. The van der Waals surface area contributed by atoms with Crippen LogP contribution in [0.3, 0.4) is 0 Å². The number of carbonyl (C=O) groups is 1. The molecule has 2 aromatic carbocycles. The number of nitrogens with zero attached hydrogens (tertiary/aromatic N) is 1. The summed E-state index contributed by atoms with van der Waals surface area (Å²) in [5, 5.41) is 4.13. The van der Waals surface area contributed by atoms with Gasteiger partial charge in [0.15, 0.2) is 11.1 Å².